The molecule has 1 aliphatic carbocycles. The molecule has 1 heterocycles. The number of alkyl halides is 3. The van der Waals surface area contributed by atoms with E-state index in [2.05, 4.69) is 0 Å². The number of carbonyl (C=O) groups is 4. The number of halogens is 3. The van der Waals surface area contributed by atoms with Crippen LogP contribution in [-0.4, -0.2) is 52.1 Å². The van der Waals surface area contributed by atoms with Crippen molar-refractivity contribution in [2.75, 3.05) is 6.61 Å². The Morgan fingerprint density at radius 1 is 1.15 bits per heavy atom. The van der Waals surface area contributed by atoms with Crippen LogP contribution >= 0.6 is 11.8 Å². The fourth-order valence-electron chi connectivity index (χ4n) is 2.49. The Bertz CT molecular complexity index is 1020. The summed E-state index contributed by atoms with van der Waals surface area (Å²) >= 11 is 1.30. The van der Waals surface area contributed by atoms with Crippen LogP contribution in [-0.2, 0) is 23.9 Å². The first-order valence-electron chi connectivity index (χ1n) is 9.40. The minimum Gasteiger partial charge on any atom is -0.480 e. The Hall–Kier alpha value is -3.58. The Morgan fingerprint density at radius 3 is 2.15 bits per heavy atom. The van der Waals surface area contributed by atoms with Gasteiger partial charge in [-0.1, -0.05) is 42.5 Å². The van der Waals surface area contributed by atoms with Crippen molar-refractivity contribution in [1.29, 1.82) is 0 Å². The van der Waals surface area contributed by atoms with Gasteiger partial charge in [-0.15, -0.1) is 11.8 Å². The van der Waals surface area contributed by atoms with Crippen molar-refractivity contribution in [3.63, 3.8) is 0 Å². The number of carboxylic acid groups (broad SMARTS) is 2. The lowest BCUT2D eigenvalue weighted by atomic mass is 10.1. The molecule has 0 saturated carbocycles. The van der Waals surface area contributed by atoms with E-state index in [1.54, 1.807) is 37.3 Å². The molecule has 0 saturated heterocycles. The fraction of sp³-hybridized carbons (Fsp3) is 0.238. The lowest BCUT2D eigenvalue weighted by Gasteiger charge is -2.09. The molecular weight excluding hydrogens is 481 g/mol. The van der Waals surface area contributed by atoms with E-state index in [1.807, 2.05) is 18.2 Å². The van der Waals surface area contributed by atoms with E-state index in [9.17, 15) is 27.6 Å². The third kappa shape index (κ3) is 8.08. The zero-order valence-corrected chi connectivity index (χ0v) is 18.4. The van der Waals surface area contributed by atoms with Crippen molar-refractivity contribution in [2.45, 2.75) is 24.4 Å². The molecule has 2 aliphatic rings. The van der Waals surface area contributed by atoms with E-state index in [4.69, 9.17) is 31.2 Å². The Morgan fingerprint density at radius 2 is 1.71 bits per heavy atom. The molecule has 2 atom stereocenters. The van der Waals surface area contributed by atoms with E-state index < -0.39 is 41.3 Å². The molecule has 1 unspecified atom stereocenters. The monoisotopic (exact) mass is 502 g/mol. The van der Waals surface area contributed by atoms with Gasteiger partial charge in [-0.25, -0.2) is 9.59 Å². The van der Waals surface area contributed by atoms with Gasteiger partial charge in [0.2, 0.25) is 5.91 Å². The highest BCUT2D eigenvalue weighted by atomic mass is 32.2. The maximum Gasteiger partial charge on any atom is 0.490 e. The number of thioether (sulfide) groups is 1. The molecule has 1 aromatic rings. The maximum atomic E-state index is 11.7. The van der Waals surface area contributed by atoms with Crippen LogP contribution in [0, 0.1) is 0 Å². The van der Waals surface area contributed by atoms with Gasteiger partial charge in [0.05, 0.1) is 12.2 Å². The van der Waals surface area contributed by atoms with Crippen molar-refractivity contribution in [3.8, 4) is 0 Å². The molecular formula is C21H21F3N2O7S. The number of fused-ring (bicyclic) bond motifs is 1. The second-order valence-electron chi connectivity index (χ2n) is 6.37. The normalized spacial score (nSPS) is 16.7. The number of rotatable bonds is 5. The lowest BCUT2D eigenvalue weighted by Crippen LogP contribution is -2.29. The molecule has 0 radical (unpaired) electrons. The molecule has 13 heteroatoms. The zero-order chi connectivity index (χ0) is 26.1. The van der Waals surface area contributed by atoms with Crippen molar-refractivity contribution in [2.24, 2.45) is 11.5 Å². The summed E-state index contributed by atoms with van der Waals surface area (Å²) in [5.41, 5.74) is 12.4. The summed E-state index contributed by atoms with van der Waals surface area (Å²) in [5, 5.41) is 15.0. The molecule has 6 N–H and O–H groups in total. The van der Waals surface area contributed by atoms with Crippen LogP contribution in [0.5, 0.6) is 0 Å². The summed E-state index contributed by atoms with van der Waals surface area (Å²) in [6, 6.07) is 7.82. The van der Waals surface area contributed by atoms with Crippen molar-refractivity contribution in [3.05, 3.63) is 70.2 Å². The van der Waals surface area contributed by atoms with Gasteiger partial charge in [-0.2, -0.15) is 13.2 Å². The Kier molecular flexibility index (Phi) is 10.5. The minimum atomic E-state index is -5.08. The SMILES string of the molecule is CCOC(=O)C1=C2C=CC=C2SC1C(N)=O.N[C@H](C(=O)O)c1ccccc1.O=C(O)C(F)(F)F. The molecule has 0 aromatic heterocycles. The van der Waals surface area contributed by atoms with Gasteiger partial charge < -0.3 is 26.4 Å². The summed E-state index contributed by atoms with van der Waals surface area (Å²) in [6.07, 6.45) is 0.424. The number of esters is 1. The smallest absolute Gasteiger partial charge is 0.480 e. The number of carboxylic acids is 2. The van der Waals surface area contributed by atoms with Gasteiger partial charge >= 0.3 is 24.1 Å². The molecule has 184 valence electrons. The van der Waals surface area contributed by atoms with Crippen molar-refractivity contribution in [1.82, 2.24) is 0 Å². The first-order valence-corrected chi connectivity index (χ1v) is 10.3. The third-order valence-electron chi connectivity index (χ3n) is 3.99. The summed E-state index contributed by atoms with van der Waals surface area (Å²) in [4.78, 5) is 43.2. The number of allylic oxidation sites excluding steroid dienone is 4. The Labute approximate surface area is 195 Å². The van der Waals surface area contributed by atoms with Gasteiger partial charge in [0, 0.05) is 10.5 Å². The van der Waals surface area contributed by atoms with Gasteiger partial charge in [0.15, 0.2) is 0 Å². The first-order chi connectivity index (χ1) is 15.8. The van der Waals surface area contributed by atoms with Crippen LogP contribution in [0.4, 0.5) is 13.2 Å². The molecule has 1 aromatic carbocycles. The standard InChI is InChI=1S/C11H11NO3S.C8H9NO2.C2HF3O2/c1-2-15-11(14)8-6-4-3-5-7(6)16-9(8)10(12)13;9-7(8(10)11)6-4-2-1-3-5-6;3-2(4,5)1(6)7/h3-5,9H,2H2,1H3,(H2,12,13);1-5,7H,9H2,(H,10,11);(H,6,7)/t;7-;/m.0./s1. The number of hydrogen-bond donors (Lipinski definition) is 4. The fourth-order valence-corrected chi connectivity index (χ4v) is 3.66. The quantitative estimate of drug-likeness (QED) is 0.441. The molecule has 1 aliphatic heterocycles. The van der Waals surface area contributed by atoms with Crippen LogP contribution in [0.1, 0.15) is 18.5 Å². The number of hydrogen-bond acceptors (Lipinski definition) is 7. The summed E-state index contributed by atoms with van der Waals surface area (Å²) in [5.74, 6) is -4.73. The summed E-state index contributed by atoms with van der Waals surface area (Å²) in [6.45, 7) is 2.01. The molecule has 0 spiro atoms. The molecule has 0 fully saturated rings. The van der Waals surface area contributed by atoms with Crippen LogP contribution in [0.3, 0.4) is 0 Å². The molecule has 3 rings (SSSR count). The highest BCUT2D eigenvalue weighted by Crippen LogP contribution is 2.45. The van der Waals surface area contributed by atoms with Gasteiger partial charge in [-0.05, 0) is 18.6 Å². The number of amides is 1. The number of aliphatic carboxylic acids is 2. The van der Waals surface area contributed by atoms with E-state index >= 15 is 0 Å². The van der Waals surface area contributed by atoms with E-state index in [0.29, 0.717) is 11.1 Å². The van der Waals surface area contributed by atoms with Crippen LogP contribution in [0.25, 0.3) is 0 Å². The highest BCUT2D eigenvalue weighted by molar-refractivity contribution is 8.05. The first kappa shape index (κ1) is 28.5. The number of benzene rings is 1. The van der Waals surface area contributed by atoms with E-state index in [-0.39, 0.29) is 6.61 Å². The maximum absolute atomic E-state index is 11.7. The predicted molar refractivity (Wildman–Crippen MR) is 116 cm³/mol. The van der Waals surface area contributed by atoms with Gasteiger partial charge in [-0.3, -0.25) is 9.59 Å². The number of carbonyl (C=O) groups excluding carboxylic acids is 2. The highest BCUT2D eigenvalue weighted by Gasteiger charge is 2.39. The molecule has 1 amide bonds. The number of ether oxygens (including phenoxy) is 1. The lowest BCUT2D eigenvalue weighted by molar-refractivity contribution is -0.192. The number of nitrogens with two attached hydrogens (primary N) is 2. The zero-order valence-electron chi connectivity index (χ0n) is 17.6. The average Bonchev–Trinajstić information content (AvgIpc) is 3.35. The van der Waals surface area contributed by atoms with Gasteiger partial charge in [0.25, 0.3) is 0 Å². The molecule has 34 heavy (non-hydrogen) atoms. The second kappa shape index (κ2) is 12.6. The van der Waals surface area contributed by atoms with Crippen LogP contribution in [0.2, 0.25) is 0 Å². The molecule has 0 bridgehead atoms. The third-order valence-corrected chi connectivity index (χ3v) is 5.31. The van der Waals surface area contributed by atoms with Gasteiger partial charge in [0.1, 0.15) is 11.3 Å². The van der Waals surface area contributed by atoms with Crippen molar-refractivity contribution >= 4 is 35.6 Å². The topological polar surface area (TPSA) is 170 Å². The number of primary amides is 1. The van der Waals surface area contributed by atoms with E-state index in [0.717, 1.165) is 10.5 Å². The van der Waals surface area contributed by atoms with Crippen LogP contribution in [0.15, 0.2) is 64.6 Å². The minimum absolute atomic E-state index is 0.286. The average molecular weight is 502 g/mol. The predicted octanol–water partition coefficient (Wildman–Crippen LogP) is 2.30. The Balaban J connectivity index is 0.000000280. The van der Waals surface area contributed by atoms with Crippen LogP contribution < -0.4 is 11.5 Å². The summed E-state index contributed by atoms with van der Waals surface area (Å²) < 4.78 is 36.7. The summed E-state index contributed by atoms with van der Waals surface area (Å²) in [7, 11) is 0. The van der Waals surface area contributed by atoms with E-state index in [1.165, 1.54) is 11.8 Å². The largest absolute Gasteiger partial charge is 0.490 e. The molecule has 9 nitrogen and oxygen atoms in total. The van der Waals surface area contributed by atoms with Crippen molar-refractivity contribution < 1.29 is 47.3 Å². The second-order valence-corrected chi connectivity index (χ2v) is 7.51.